The van der Waals surface area contributed by atoms with Crippen molar-refractivity contribution in [2.75, 3.05) is 5.01 Å². The van der Waals surface area contributed by atoms with Crippen molar-refractivity contribution < 1.29 is 14.3 Å². The lowest BCUT2D eigenvalue weighted by molar-refractivity contribution is -0.137. The van der Waals surface area contributed by atoms with Gasteiger partial charge in [-0.25, -0.2) is 4.79 Å². The van der Waals surface area contributed by atoms with Crippen LogP contribution in [0, 0.1) is 0 Å². The third-order valence-corrected chi connectivity index (χ3v) is 3.57. The van der Waals surface area contributed by atoms with E-state index in [-0.39, 0.29) is 18.7 Å². The third-order valence-electron chi connectivity index (χ3n) is 3.57. The van der Waals surface area contributed by atoms with Gasteiger partial charge in [-0.1, -0.05) is 24.3 Å². The van der Waals surface area contributed by atoms with E-state index in [9.17, 15) is 9.59 Å². The van der Waals surface area contributed by atoms with Gasteiger partial charge in [0.15, 0.2) is 0 Å². The van der Waals surface area contributed by atoms with Crippen molar-refractivity contribution in [3.8, 4) is 0 Å². The standard InChI is InChI=1S/C17H16N4O3/c18-16(22)15-10-14(20-21(15)13-7-2-1-3-8-13)17(23)24-11-12-6-4-5-9-19-12/h1-9,15H,10-11H2,(H2,18,22). The fourth-order valence-electron chi connectivity index (χ4n) is 2.38. The molecule has 1 atom stereocenters. The molecule has 7 heteroatoms. The number of hydrogen-bond donors (Lipinski definition) is 1. The van der Waals surface area contributed by atoms with E-state index in [2.05, 4.69) is 10.1 Å². The van der Waals surface area contributed by atoms with E-state index in [0.717, 1.165) is 0 Å². The number of aromatic nitrogens is 1. The van der Waals surface area contributed by atoms with Gasteiger partial charge in [-0.05, 0) is 24.3 Å². The number of amides is 1. The average Bonchev–Trinajstić information content (AvgIpc) is 3.07. The van der Waals surface area contributed by atoms with Gasteiger partial charge >= 0.3 is 5.97 Å². The highest BCUT2D eigenvalue weighted by Gasteiger charge is 2.35. The van der Waals surface area contributed by atoms with Crippen LogP contribution in [0.15, 0.2) is 59.8 Å². The number of nitrogens with two attached hydrogens (primary N) is 1. The molecule has 0 fully saturated rings. The van der Waals surface area contributed by atoms with Crippen molar-refractivity contribution in [3.05, 3.63) is 60.4 Å². The summed E-state index contributed by atoms with van der Waals surface area (Å²) in [4.78, 5) is 28.0. The summed E-state index contributed by atoms with van der Waals surface area (Å²) >= 11 is 0. The van der Waals surface area contributed by atoms with Crippen molar-refractivity contribution in [2.24, 2.45) is 10.8 Å². The van der Waals surface area contributed by atoms with Crippen LogP contribution in [-0.2, 0) is 20.9 Å². The van der Waals surface area contributed by atoms with Crippen LogP contribution >= 0.6 is 0 Å². The van der Waals surface area contributed by atoms with E-state index in [4.69, 9.17) is 10.5 Å². The number of pyridine rings is 1. The van der Waals surface area contributed by atoms with Crippen LogP contribution in [0.5, 0.6) is 0 Å². The van der Waals surface area contributed by atoms with Gasteiger partial charge in [-0.3, -0.25) is 14.8 Å². The Labute approximate surface area is 138 Å². The van der Waals surface area contributed by atoms with Crippen molar-refractivity contribution in [1.29, 1.82) is 0 Å². The Bertz CT molecular complexity index is 762. The molecule has 1 amide bonds. The molecule has 1 aromatic heterocycles. The Morgan fingerprint density at radius 3 is 2.58 bits per heavy atom. The predicted molar refractivity (Wildman–Crippen MR) is 88.0 cm³/mol. The topological polar surface area (TPSA) is 97.9 Å². The number of hydrazone groups is 1. The minimum Gasteiger partial charge on any atom is -0.455 e. The number of benzene rings is 1. The predicted octanol–water partition coefficient (Wildman–Crippen LogP) is 1.24. The van der Waals surface area contributed by atoms with E-state index >= 15 is 0 Å². The number of carbonyl (C=O) groups is 2. The van der Waals surface area contributed by atoms with Crippen LogP contribution < -0.4 is 10.7 Å². The molecule has 1 aliphatic rings. The fraction of sp³-hybridized carbons (Fsp3) is 0.176. The minimum atomic E-state index is -0.704. The molecule has 1 unspecified atom stereocenters. The Hall–Kier alpha value is -3.22. The second-order valence-corrected chi connectivity index (χ2v) is 5.25. The molecule has 0 aliphatic carbocycles. The summed E-state index contributed by atoms with van der Waals surface area (Å²) in [5.74, 6) is -1.12. The molecule has 0 radical (unpaired) electrons. The van der Waals surface area contributed by atoms with Gasteiger partial charge in [0.05, 0.1) is 11.4 Å². The molecular weight excluding hydrogens is 308 g/mol. The number of esters is 1. The van der Waals surface area contributed by atoms with Gasteiger partial charge in [0, 0.05) is 12.6 Å². The fourth-order valence-corrected chi connectivity index (χ4v) is 2.38. The van der Waals surface area contributed by atoms with Crippen LogP contribution in [0.2, 0.25) is 0 Å². The van der Waals surface area contributed by atoms with Gasteiger partial charge in [-0.15, -0.1) is 0 Å². The first-order valence-corrected chi connectivity index (χ1v) is 7.43. The molecule has 122 valence electrons. The van der Waals surface area contributed by atoms with Gasteiger partial charge in [0.1, 0.15) is 18.4 Å². The SMILES string of the molecule is NC(=O)C1CC(C(=O)OCc2ccccn2)=NN1c1ccccc1. The second kappa shape index (κ2) is 6.91. The molecule has 2 N–H and O–H groups in total. The Balaban J connectivity index is 1.73. The van der Waals surface area contributed by atoms with E-state index in [1.165, 1.54) is 5.01 Å². The van der Waals surface area contributed by atoms with E-state index < -0.39 is 17.9 Å². The molecule has 0 bridgehead atoms. The molecular formula is C17H16N4O3. The normalized spacial score (nSPS) is 16.6. The zero-order chi connectivity index (χ0) is 16.9. The van der Waals surface area contributed by atoms with Crippen LogP contribution in [0.1, 0.15) is 12.1 Å². The average molecular weight is 324 g/mol. The maximum Gasteiger partial charge on any atom is 0.354 e. The Kier molecular flexibility index (Phi) is 4.51. The number of rotatable bonds is 5. The highest BCUT2D eigenvalue weighted by Crippen LogP contribution is 2.24. The lowest BCUT2D eigenvalue weighted by Crippen LogP contribution is -2.39. The largest absolute Gasteiger partial charge is 0.455 e. The number of carbonyl (C=O) groups excluding carboxylic acids is 2. The van der Waals surface area contributed by atoms with E-state index in [1.807, 2.05) is 24.3 Å². The number of ether oxygens (including phenoxy) is 1. The quantitative estimate of drug-likeness (QED) is 0.835. The first kappa shape index (κ1) is 15.7. The van der Waals surface area contributed by atoms with Gasteiger partial charge in [-0.2, -0.15) is 5.10 Å². The summed E-state index contributed by atoms with van der Waals surface area (Å²) in [7, 11) is 0. The number of hydrogen-bond acceptors (Lipinski definition) is 6. The summed E-state index contributed by atoms with van der Waals surface area (Å²) in [6.07, 6.45) is 1.74. The number of primary amides is 1. The number of para-hydroxylation sites is 1. The van der Waals surface area contributed by atoms with Gasteiger partial charge in [0.2, 0.25) is 5.91 Å². The first-order valence-electron chi connectivity index (χ1n) is 7.43. The summed E-state index contributed by atoms with van der Waals surface area (Å²) in [5, 5.41) is 5.69. The molecule has 2 heterocycles. The second-order valence-electron chi connectivity index (χ2n) is 5.25. The molecule has 0 spiro atoms. The minimum absolute atomic E-state index is 0.0469. The molecule has 0 saturated carbocycles. The Morgan fingerprint density at radius 1 is 1.17 bits per heavy atom. The maximum atomic E-state index is 12.2. The summed E-state index contributed by atoms with van der Waals surface area (Å²) < 4.78 is 5.21. The molecule has 7 nitrogen and oxygen atoms in total. The highest BCUT2D eigenvalue weighted by molar-refractivity contribution is 6.38. The zero-order valence-corrected chi connectivity index (χ0v) is 12.8. The molecule has 2 aromatic rings. The zero-order valence-electron chi connectivity index (χ0n) is 12.8. The van der Waals surface area contributed by atoms with Crippen LogP contribution in [-0.4, -0.2) is 28.6 Å². The van der Waals surface area contributed by atoms with E-state index in [0.29, 0.717) is 11.4 Å². The molecule has 1 aromatic carbocycles. The van der Waals surface area contributed by atoms with Crippen LogP contribution in [0.25, 0.3) is 0 Å². The molecule has 3 rings (SSSR count). The number of anilines is 1. The van der Waals surface area contributed by atoms with Gasteiger partial charge < -0.3 is 10.5 Å². The first-order chi connectivity index (χ1) is 11.6. The maximum absolute atomic E-state index is 12.2. The third kappa shape index (κ3) is 3.40. The van der Waals surface area contributed by atoms with Crippen molar-refractivity contribution in [3.63, 3.8) is 0 Å². The highest BCUT2D eigenvalue weighted by atomic mass is 16.5. The van der Waals surface area contributed by atoms with Crippen molar-refractivity contribution in [1.82, 2.24) is 4.98 Å². The summed E-state index contributed by atoms with van der Waals surface area (Å²) in [5.41, 5.74) is 6.93. The molecule has 1 aliphatic heterocycles. The molecule has 0 saturated heterocycles. The van der Waals surface area contributed by atoms with Crippen molar-refractivity contribution in [2.45, 2.75) is 19.1 Å². The lowest BCUT2D eigenvalue weighted by Gasteiger charge is -2.20. The Morgan fingerprint density at radius 2 is 1.92 bits per heavy atom. The summed E-state index contributed by atoms with van der Waals surface area (Å²) in [6.45, 7) is 0.0469. The number of nitrogens with zero attached hydrogens (tertiary/aromatic N) is 3. The monoisotopic (exact) mass is 324 g/mol. The van der Waals surface area contributed by atoms with Crippen LogP contribution in [0.3, 0.4) is 0 Å². The van der Waals surface area contributed by atoms with Crippen molar-refractivity contribution >= 4 is 23.3 Å². The van der Waals surface area contributed by atoms with Gasteiger partial charge in [0.25, 0.3) is 0 Å². The smallest absolute Gasteiger partial charge is 0.354 e. The van der Waals surface area contributed by atoms with Crippen LogP contribution in [0.4, 0.5) is 5.69 Å². The van der Waals surface area contributed by atoms with E-state index in [1.54, 1.807) is 30.5 Å². The lowest BCUT2D eigenvalue weighted by atomic mass is 10.1. The summed E-state index contributed by atoms with van der Waals surface area (Å²) in [6, 6.07) is 13.7. The molecule has 24 heavy (non-hydrogen) atoms.